The molecule has 4 aromatic rings. The number of rotatable bonds is 17. The number of nitrogens with zero attached hydrogens (tertiary/aromatic N) is 2. The smallest absolute Gasteiger partial charge is 0.338 e. The highest BCUT2D eigenvalue weighted by atomic mass is 16.6. The maximum atomic E-state index is 12.6. The number of aromatic amines is 1. The summed E-state index contributed by atoms with van der Waals surface area (Å²) in [5, 5.41) is 19.7. The van der Waals surface area contributed by atoms with Crippen molar-refractivity contribution >= 4 is 35.0 Å². The Morgan fingerprint density at radius 1 is 1.00 bits per heavy atom. The zero-order chi connectivity index (χ0) is 35.2. The number of aromatic nitrogens is 2. The van der Waals surface area contributed by atoms with E-state index in [0.29, 0.717) is 29.2 Å². The van der Waals surface area contributed by atoms with Crippen LogP contribution in [0.15, 0.2) is 90.2 Å². The topological polar surface area (TPSA) is 178 Å². The highest BCUT2D eigenvalue weighted by Gasteiger charge is 2.18. The quantitative estimate of drug-likeness (QED) is 0.0383. The second-order valence-corrected chi connectivity index (χ2v) is 11.2. The molecule has 3 aromatic carbocycles. The van der Waals surface area contributed by atoms with Crippen LogP contribution in [-0.2, 0) is 18.0 Å². The number of carbonyl (C=O) groups is 2. The van der Waals surface area contributed by atoms with Crippen LogP contribution in [0.5, 0.6) is 5.75 Å². The van der Waals surface area contributed by atoms with Gasteiger partial charge in [0.2, 0.25) is 5.95 Å². The van der Waals surface area contributed by atoms with Gasteiger partial charge in [-0.1, -0.05) is 57.0 Å². The molecule has 1 unspecified atom stereocenters. The van der Waals surface area contributed by atoms with Gasteiger partial charge in [-0.3, -0.25) is 25.2 Å². The van der Waals surface area contributed by atoms with Crippen molar-refractivity contribution in [2.75, 3.05) is 22.5 Å². The zero-order valence-electron chi connectivity index (χ0n) is 27.5. The third-order valence-electron chi connectivity index (χ3n) is 7.59. The van der Waals surface area contributed by atoms with E-state index < -0.39 is 16.9 Å². The molecule has 0 fully saturated rings. The molecule has 0 saturated heterocycles. The van der Waals surface area contributed by atoms with E-state index in [9.17, 15) is 24.5 Å². The number of urea groups is 1. The monoisotopic (exact) mass is 668 g/mol. The number of hydrogen-bond donors (Lipinski definition) is 4. The molecule has 1 heterocycles. The van der Waals surface area contributed by atoms with E-state index in [1.165, 1.54) is 24.3 Å². The Labute approximate surface area is 283 Å². The molecule has 0 aliphatic heterocycles. The van der Waals surface area contributed by atoms with Crippen molar-refractivity contribution in [1.29, 1.82) is 0 Å². The lowest BCUT2D eigenvalue weighted by Gasteiger charge is -2.15. The average molecular weight is 669 g/mol. The molecule has 1 aromatic heterocycles. The summed E-state index contributed by atoms with van der Waals surface area (Å²) in [4.78, 5) is 55.3. The summed E-state index contributed by atoms with van der Waals surface area (Å²) in [5.74, 6) is 0.160. The number of H-pyrrole nitrogens is 1. The number of anilines is 3. The molecule has 0 radical (unpaired) electrons. The number of hydrogen-bond acceptors (Lipinski definition) is 9. The van der Waals surface area contributed by atoms with E-state index in [2.05, 4.69) is 46.3 Å². The third kappa shape index (κ3) is 10.8. The van der Waals surface area contributed by atoms with Crippen molar-refractivity contribution in [3.8, 4) is 5.75 Å². The Bertz CT molecular complexity index is 1810. The predicted octanol–water partition coefficient (Wildman–Crippen LogP) is 7.54. The number of unbranched alkanes of at least 4 members (excludes halogenated alkanes) is 1. The van der Waals surface area contributed by atoms with Crippen molar-refractivity contribution in [3.63, 3.8) is 0 Å². The maximum Gasteiger partial charge on any atom is 0.338 e. The van der Waals surface area contributed by atoms with Crippen LogP contribution in [0.4, 0.5) is 27.8 Å². The third-order valence-corrected chi connectivity index (χ3v) is 7.59. The van der Waals surface area contributed by atoms with Gasteiger partial charge in [0, 0.05) is 30.3 Å². The van der Waals surface area contributed by atoms with Gasteiger partial charge in [0.1, 0.15) is 24.7 Å². The summed E-state index contributed by atoms with van der Waals surface area (Å²) in [7, 11) is 0. The van der Waals surface area contributed by atoms with Gasteiger partial charge in [-0.25, -0.2) is 14.6 Å². The fraction of sp³-hybridized carbons (Fsp3) is 0.278. The van der Waals surface area contributed by atoms with Crippen LogP contribution in [0.2, 0.25) is 0 Å². The van der Waals surface area contributed by atoms with E-state index >= 15 is 0 Å². The van der Waals surface area contributed by atoms with Crippen LogP contribution < -0.4 is 26.2 Å². The number of benzene rings is 3. The lowest BCUT2D eigenvalue weighted by molar-refractivity contribution is -0.384. The number of carbonyl (C=O) groups excluding carboxylic acids is 2. The molecule has 0 saturated carbocycles. The molecule has 13 nitrogen and oxygen atoms in total. The largest absolute Gasteiger partial charge is 0.489 e. The summed E-state index contributed by atoms with van der Waals surface area (Å²) < 4.78 is 11.2. The molecule has 0 bridgehead atoms. The van der Waals surface area contributed by atoms with Crippen molar-refractivity contribution in [3.05, 3.63) is 128 Å². The highest BCUT2D eigenvalue weighted by Crippen LogP contribution is 2.26. The van der Waals surface area contributed by atoms with Crippen molar-refractivity contribution < 1.29 is 24.0 Å². The summed E-state index contributed by atoms with van der Waals surface area (Å²) in [6.45, 7) is 8.33. The van der Waals surface area contributed by atoms with Crippen LogP contribution >= 0.6 is 0 Å². The van der Waals surface area contributed by atoms with E-state index in [1.807, 2.05) is 12.1 Å². The lowest BCUT2D eigenvalue weighted by atomic mass is 9.96. The minimum absolute atomic E-state index is 0.0266. The van der Waals surface area contributed by atoms with Crippen molar-refractivity contribution in [1.82, 2.24) is 9.97 Å². The molecular formula is C36H40N6O7. The molecule has 4 rings (SSSR count). The van der Waals surface area contributed by atoms with Crippen molar-refractivity contribution in [2.45, 2.75) is 58.7 Å². The minimum Gasteiger partial charge on any atom is -0.489 e. The van der Waals surface area contributed by atoms with E-state index in [1.54, 1.807) is 42.5 Å². The summed E-state index contributed by atoms with van der Waals surface area (Å²) >= 11 is 0. The first-order valence-electron chi connectivity index (χ1n) is 16.0. The Balaban J connectivity index is 1.24. The Morgan fingerprint density at radius 2 is 1.71 bits per heavy atom. The van der Waals surface area contributed by atoms with Gasteiger partial charge in [-0.2, -0.15) is 0 Å². The number of nitro benzene ring substituents is 1. The van der Waals surface area contributed by atoms with Gasteiger partial charge in [0.25, 0.3) is 11.2 Å². The Kier molecular flexibility index (Phi) is 13.0. The first kappa shape index (κ1) is 35.9. The fourth-order valence-electron chi connectivity index (χ4n) is 4.93. The normalized spacial score (nSPS) is 11.2. The second kappa shape index (κ2) is 17.8. The summed E-state index contributed by atoms with van der Waals surface area (Å²) in [6, 6.07) is 19.2. The molecule has 0 spiro atoms. The average Bonchev–Trinajstić information content (AvgIpc) is 3.09. The zero-order valence-corrected chi connectivity index (χ0v) is 27.5. The predicted molar refractivity (Wildman–Crippen MR) is 188 cm³/mol. The summed E-state index contributed by atoms with van der Waals surface area (Å²) in [6.07, 6.45) is 5.44. The minimum atomic E-state index is -0.683. The molecule has 256 valence electrons. The van der Waals surface area contributed by atoms with Crippen LogP contribution in [0.1, 0.15) is 72.6 Å². The maximum absolute atomic E-state index is 12.6. The molecule has 2 amide bonds. The number of nitrogens with one attached hydrogen (secondary N) is 4. The fourth-order valence-corrected chi connectivity index (χ4v) is 4.93. The molecule has 1 atom stereocenters. The number of amides is 2. The molecule has 0 aliphatic carbocycles. The molecule has 0 aliphatic rings. The van der Waals surface area contributed by atoms with Gasteiger partial charge >= 0.3 is 12.0 Å². The van der Waals surface area contributed by atoms with Crippen LogP contribution in [0.3, 0.4) is 0 Å². The highest BCUT2D eigenvalue weighted by molar-refractivity contribution is 5.98. The number of esters is 1. The lowest BCUT2D eigenvalue weighted by Crippen LogP contribution is -2.24. The van der Waals surface area contributed by atoms with E-state index in [-0.39, 0.29) is 47.6 Å². The van der Waals surface area contributed by atoms with Gasteiger partial charge in [0.15, 0.2) is 0 Å². The Hall–Kier alpha value is -5.98. The summed E-state index contributed by atoms with van der Waals surface area (Å²) in [5.41, 5.74) is 2.59. The van der Waals surface area contributed by atoms with Gasteiger partial charge in [-0.05, 0) is 60.4 Å². The molecule has 4 N–H and O–H groups in total. The van der Waals surface area contributed by atoms with Crippen molar-refractivity contribution in [2.24, 2.45) is 0 Å². The first-order chi connectivity index (χ1) is 23.7. The SMILES string of the molecule is C=CCNc1ccc(C(=O)OCc2ccc(OCc3ccc(NC(=O)Nc4nc(C(CC)CCCC)cc(=O)[nH]4)cc3)cc2)cc1[N+](=O)[O-]. The van der Waals surface area contributed by atoms with Gasteiger partial charge < -0.3 is 20.1 Å². The molecule has 13 heteroatoms. The van der Waals surface area contributed by atoms with E-state index in [0.717, 1.165) is 31.2 Å². The molecular weight excluding hydrogens is 628 g/mol. The van der Waals surface area contributed by atoms with E-state index in [4.69, 9.17) is 9.47 Å². The Morgan fingerprint density at radius 3 is 2.39 bits per heavy atom. The number of ether oxygens (including phenoxy) is 2. The van der Waals surface area contributed by atoms with Gasteiger partial charge in [-0.15, -0.1) is 6.58 Å². The number of nitro groups is 1. The standard InChI is InChI=1S/C36H40N6O7/c1-4-7-8-26(6-3)31-21-33(43)40-35(39-31)41-36(45)38-28-14-9-24(10-15-28)22-48-29-16-11-25(12-17-29)23-49-34(44)27-13-18-30(37-19-5-2)32(20-27)42(46)47/h5,9-18,20-21,26,37H,2,4,6-8,19,22-23H2,1,3H3,(H3,38,39,40,41,43,45). The van der Waals surface area contributed by atoms with Crippen LogP contribution in [0, 0.1) is 10.1 Å². The molecule has 49 heavy (non-hydrogen) atoms. The van der Waals surface area contributed by atoms with Gasteiger partial charge in [0.05, 0.1) is 16.2 Å². The second-order valence-electron chi connectivity index (χ2n) is 11.2. The first-order valence-corrected chi connectivity index (χ1v) is 16.0. The van der Waals surface area contributed by atoms with Crippen LogP contribution in [-0.4, -0.2) is 33.4 Å². The van der Waals surface area contributed by atoms with Crippen LogP contribution in [0.25, 0.3) is 0 Å².